The van der Waals surface area contributed by atoms with Gasteiger partial charge in [0.1, 0.15) is 0 Å². The summed E-state index contributed by atoms with van der Waals surface area (Å²) in [6.07, 6.45) is 0. The molecule has 2 aliphatic rings. The number of hydrogen-bond donors (Lipinski definition) is 0. The lowest BCUT2D eigenvalue weighted by Crippen LogP contribution is -2.40. The van der Waals surface area contributed by atoms with Crippen LogP contribution in [0.15, 0.2) is 57.2 Å². The van der Waals surface area contributed by atoms with E-state index in [-0.39, 0.29) is 5.91 Å². The third-order valence-corrected chi connectivity index (χ3v) is 5.43. The van der Waals surface area contributed by atoms with Gasteiger partial charge in [0.25, 0.3) is 5.91 Å². The Morgan fingerprint density at radius 1 is 1.12 bits per heavy atom. The number of fused-ring (bicyclic) bond motifs is 2. The van der Waals surface area contributed by atoms with Crippen molar-refractivity contribution in [3.8, 4) is 0 Å². The zero-order chi connectivity index (χ0) is 16.5. The molecule has 4 nitrogen and oxygen atoms in total. The average molecular weight is 338 g/mol. The normalized spacial score (nSPS) is 16.7. The molecular weight excluding hydrogens is 320 g/mol. The summed E-state index contributed by atoms with van der Waals surface area (Å²) >= 11 is 1.70. The Morgan fingerprint density at radius 3 is 2.75 bits per heavy atom. The molecule has 0 radical (unpaired) electrons. The molecule has 2 aromatic rings. The highest BCUT2D eigenvalue weighted by atomic mass is 32.2. The number of ether oxygens (including phenoxy) is 1. The van der Waals surface area contributed by atoms with Crippen LogP contribution in [0.4, 0.5) is 5.69 Å². The minimum atomic E-state index is 0.0562. The summed E-state index contributed by atoms with van der Waals surface area (Å²) in [4.78, 5) is 21.6. The summed E-state index contributed by atoms with van der Waals surface area (Å²) in [6, 6.07) is 14.1. The Bertz CT molecular complexity index is 826. The van der Waals surface area contributed by atoms with Crippen LogP contribution in [0.1, 0.15) is 22.8 Å². The number of amides is 1. The minimum absolute atomic E-state index is 0.0562. The van der Waals surface area contributed by atoms with Gasteiger partial charge in [0.05, 0.1) is 18.9 Å². The van der Waals surface area contributed by atoms with Crippen LogP contribution >= 0.6 is 11.8 Å². The Labute approximate surface area is 145 Å². The maximum absolute atomic E-state index is 12.7. The minimum Gasteiger partial charge on any atom is -0.378 e. The van der Waals surface area contributed by atoms with E-state index in [2.05, 4.69) is 12.1 Å². The molecule has 122 valence electrons. The lowest BCUT2D eigenvalue weighted by atomic mass is 10.1. The molecule has 1 fully saturated rings. The summed E-state index contributed by atoms with van der Waals surface area (Å²) in [6.45, 7) is 4.54. The standard InChI is InChI=1S/C19H18N2O2S/c1-13-15-4-2-3-5-17(15)24-18-7-6-14(12-16(18)20-13)19(22)21-8-10-23-11-9-21/h2-7,12H,8-11H2,1H3. The maximum Gasteiger partial charge on any atom is 0.254 e. The number of benzene rings is 2. The summed E-state index contributed by atoms with van der Waals surface area (Å²) in [7, 11) is 0. The van der Waals surface area contributed by atoms with Gasteiger partial charge in [-0.1, -0.05) is 30.0 Å². The maximum atomic E-state index is 12.7. The first-order valence-electron chi connectivity index (χ1n) is 8.06. The summed E-state index contributed by atoms with van der Waals surface area (Å²) < 4.78 is 5.32. The molecule has 0 bridgehead atoms. The second kappa shape index (κ2) is 6.42. The highest BCUT2D eigenvalue weighted by Gasteiger charge is 2.21. The number of nitrogens with zero attached hydrogens (tertiary/aromatic N) is 2. The molecule has 4 rings (SSSR count). The molecule has 0 atom stereocenters. The molecule has 0 spiro atoms. The molecule has 0 saturated carbocycles. The van der Waals surface area contributed by atoms with Gasteiger partial charge in [-0.2, -0.15) is 0 Å². The van der Waals surface area contributed by atoms with Crippen LogP contribution in [0, 0.1) is 0 Å². The average Bonchev–Trinajstić information content (AvgIpc) is 2.77. The van der Waals surface area contributed by atoms with E-state index in [1.807, 2.05) is 42.2 Å². The molecule has 2 heterocycles. The van der Waals surface area contributed by atoms with Gasteiger partial charge in [0.15, 0.2) is 0 Å². The number of carbonyl (C=O) groups is 1. The van der Waals surface area contributed by atoms with Crippen molar-refractivity contribution in [1.29, 1.82) is 0 Å². The quantitative estimate of drug-likeness (QED) is 0.795. The first kappa shape index (κ1) is 15.4. The van der Waals surface area contributed by atoms with E-state index in [9.17, 15) is 4.79 Å². The highest BCUT2D eigenvalue weighted by Crippen LogP contribution is 2.40. The lowest BCUT2D eigenvalue weighted by Gasteiger charge is -2.27. The lowest BCUT2D eigenvalue weighted by molar-refractivity contribution is 0.0303. The monoisotopic (exact) mass is 338 g/mol. The molecular formula is C19H18N2O2S. The largest absolute Gasteiger partial charge is 0.378 e. The van der Waals surface area contributed by atoms with Crippen LogP contribution < -0.4 is 0 Å². The number of rotatable bonds is 1. The molecule has 1 amide bonds. The van der Waals surface area contributed by atoms with Crippen molar-refractivity contribution in [1.82, 2.24) is 4.90 Å². The van der Waals surface area contributed by atoms with Crippen LogP contribution in [0.3, 0.4) is 0 Å². The SMILES string of the molecule is CC1=Nc2cc(C(=O)N3CCOCC3)ccc2Sc2ccccc21. The molecule has 5 heteroatoms. The molecule has 2 aromatic carbocycles. The molecule has 24 heavy (non-hydrogen) atoms. The Kier molecular flexibility index (Phi) is 4.12. The number of aliphatic imine (C=N–C) groups is 1. The van der Waals surface area contributed by atoms with E-state index in [4.69, 9.17) is 9.73 Å². The van der Waals surface area contributed by atoms with Crippen LogP contribution in [-0.4, -0.2) is 42.8 Å². The highest BCUT2D eigenvalue weighted by molar-refractivity contribution is 7.99. The Morgan fingerprint density at radius 2 is 1.92 bits per heavy atom. The van der Waals surface area contributed by atoms with E-state index in [0.29, 0.717) is 31.9 Å². The van der Waals surface area contributed by atoms with Crippen LogP contribution in [0.25, 0.3) is 0 Å². The van der Waals surface area contributed by atoms with Crippen LogP contribution in [0.5, 0.6) is 0 Å². The fourth-order valence-corrected chi connectivity index (χ4v) is 4.04. The predicted octanol–water partition coefficient (Wildman–Crippen LogP) is 3.76. The van der Waals surface area contributed by atoms with Gasteiger partial charge in [-0.3, -0.25) is 9.79 Å². The van der Waals surface area contributed by atoms with Crippen molar-refractivity contribution in [3.63, 3.8) is 0 Å². The number of morpholine rings is 1. The van der Waals surface area contributed by atoms with Gasteiger partial charge in [0, 0.05) is 39.7 Å². The number of carbonyl (C=O) groups excluding carboxylic acids is 1. The van der Waals surface area contributed by atoms with Gasteiger partial charge in [-0.05, 0) is 31.2 Å². The van der Waals surface area contributed by atoms with E-state index in [0.717, 1.165) is 21.9 Å². The first-order valence-corrected chi connectivity index (χ1v) is 8.87. The summed E-state index contributed by atoms with van der Waals surface area (Å²) in [5, 5.41) is 0. The zero-order valence-electron chi connectivity index (χ0n) is 13.5. The van der Waals surface area contributed by atoms with Crippen molar-refractivity contribution < 1.29 is 9.53 Å². The third-order valence-electron chi connectivity index (χ3n) is 4.29. The van der Waals surface area contributed by atoms with Crippen molar-refractivity contribution >= 4 is 29.1 Å². The fourth-order valence-electron chi connectivity index (χ4n) is 2.99. The second-order valence-corrected chi connectivity index (χ2v) is 6.97. The summed E-state index contributed by atoms with van der Waals surface area (Å²) in [5.74, 6) is 0.0562. The van der Waals surface area contributed by atoms with Gasteiger partial charge in [0.2, 0.25) is 0 Å². The van der Waals surface area contributed by atoms with Gasteiger partial charge >= 0.3 is 0 Å². The molecule has 0 aliphatic carbocycles. The van der Waals surface area contributed by atoms with Crippen LogP contribution in [0.2, 0.25) is 0 Å². The van der Waals surface area contributed by atoms with Crippen molar-refractivity contribution in [3.05, 3.63) is 53.6 Å². The Hall–Kier alpha value is -2.11. The van der Waals surface area contributed by atoms with Gasteiger partial charge < -0.3 is 9.64 Å². The fraction of sp³-hybridized carbons (Fsp3) is 0.263. The van der Waals surface area contributed by atoms with Gasteiger partial charge in [-0.25, -0.2) is 0 Å². The Balaban J connectivity index is 1.70. The molecule has 0 unspecified atom stereocenters. The first-order chi connectivity index (χ1) is 11.7. The summed E-state index contributed by atoms with van der Waals surface area (Å²) in [5.41, 5.74) is 3.69. The van der Waals surface area contributed by atoms with E-state index < -0.39 is 0 Å². The van der Waals surface area contributed by atoms with E-state index in [1.54, 1.807) is 11.8 Å². The number of hydrogen-bond acceptors (Lipinski definition) is 4. The van der Waals surface area contributed by atoms with Crippen molar-refractivity contribution in [2.24, 2.45) is 4.99 Å². The third kappa shape index (κ3) is 2.85. The van der Waals surface area contributed by atoms with Crippen molar-refractivity contribution in [2.75, 3.05) is 26.3 Å². The topological polar surface area (TPSA) is 41.9 Å². The van der Waals surface area contributed by atoms with Crippen LogP contribution in [-0.2, 0) is 4.74 Å². The van der Waals surface area contributed by atoms with E-state index in [1.165, 1.54) is 4.90 Å². The zero-order valence-corrected chi connectivity index (χ0v) is 14.3. The molecule has 0 aromatic heterocycles. The molecule has 1 saturated heterocycles. The molecule has 2 aliphatic heterocycles. The smallest absolute Gasteiger partial charge is 0.254 e. The van der Waals surface area contributed by atoms with Crippen molar-refractivity contribution in [2.45, 2.75) is 16.7 Å². The van der Waals surface area contributed by atoms with Gasteiger partial charge in [-0.15, -0.1) is 0 Å². The second-order valence-electron chi connectivity index (χ2n) is 5.88. The predicted molar refractivity (Wildman–Crippen MR) is 95.6 cm³/mol. The molecule has 0 N–H and O–H groups in total. The van der Waals surface area contributed by atoms with E-state index >= 15 is 0 Å².